The first-order chi connectivity index (χ1) is 12.7. The molecule has 0 spiro atoms. The lowest BCUT2D eigenvalue weighted by Crippen LogP contribution is -2.44. The third-order valence-corrected chi connectivity index (χ3v) is 6.78. The number of amides is 2. The number of anilines is 1. The molecular weight excluding hydrogens is 348 g/mol. The van der Waals surface area contributed by atoms with Crippen molar-refractivity contribution in [2.75, 3.05) is 18.4 Å². The molecule has 2 heterocycles. The highest BCUT2D eigenvalue weighted by Crippen LogP contribution is 2.33. The minimum Gasteiger partial charge on any atom is -0.342 e. The van der Waals surface area contributed by atoms with E-state index >= 15 is 0 Å². The molecule has 3 aliphatic rings. The number of hydrogen-bond donors (Lipinski definition) is 1. The van der Waals surface area contributed by atoms with E-state index in [1.807, 2.05) is 4.90 Å². The summed E-state index contributed by atoms with van der Waals surface area (Å²) in [5, 5.41) is 13.0. The average molecular weight is 377 g/mol. The number of hydrogen-bond acceptors (Lipinski definition) is 5. The van der Waals surface area contributed by atoms with Crippen LogP contribution in [0.15, 0.2) is 0 Å². The Labute approximate surface area is 158 Å². The van der Waals surface area contributed by atoms with Crippen LogP contribution in [0.2, 0.25) is 0 Å². The number of aromatic nitrogens is 2. The van der Waals surface area contributed by atoms with Crippen LogP contribution in [-0.4, -0.2) is 40.0 Å². The fourth-order valence-corrected chi connectivity index (χ4v) is 5.07. The lowest BCUT2D eigenvalue weighted by molar-refractivity contribution is -0.135. The summed E-state index contributed by atoms with van der Waals surface area (Å²) in [5.41, 5.74) is 0. The van der Waals surface area contributed by atoms with Crippen LogP contribution in [0.25, 0.3) is 0 Å². The molecule has 26 heavy (non-hydrogen) atoms. The molecule has 1 unspecified atom stereocenters. The van der Waals surface area contributed by atoms with E-state index in [9.17, 15) is 9.59 Å². The van der Waals surface area contributed by atoms with E-state index in [-0.39, 0.29) is 23.7 Å². The van der Waals surface area contributed by atoms with Crippen LogP contribution in [0.4, 0.5) is 5.13 Å². The van der Waals surface area contributed by atoms with Gasteiger partial charge in [0, 0.05) is 25.4 Å². The first kappa shape index (κ1) is 17.9. The van der Waals surface area contributed by atoms with E-state index in [0.717, 1.165) is 49.6 Å². The van der Waals surface area contributed by atoms with Crippen LogP contribution in [0, 0.1) is 17.8 Å². The van der Waals surface area contributed by atoms with Gasteiger partial charge in [0.2, 0.25) is 16.9 Å². The molecule has 3 fully saturated rings. The first-order valence-corrected chi connectivity index (χ1v) is 10.9. The molecule has 0 radical (unpaired) electrons. The summed E-state index contributed by atoms with van der Waals surface area (Å²) in [4.78, 5) is 26.8. The summed E-state index contributed by atoms with van der Waals surface area (Å²) < 4.78 is 0. The maximum atomic E-state index is 12.6. The summed E-state index contributed by atoms with van der Waals surface area (Å²) in [7, 11) is 0. The third kappa shape index (κ3) is 4.42. The molecule has 6 nitrogen and oxygen atoms in total. The highest BCUT2D eigenvalue weighted by atomic mass is 32.1. The Morgan fingerprint density at radius 3 is 2.58 bits per heavy atom. The van der Waals surface area contributed by atoms with Gasteiger partial charge in [-0.2, -0.15) is 0 Å². The molecule has 2 aliphatic carbocycles. The predicted octanol–water partition coefficient (Wildman–Crippen LogP) is 3.25. The Balaban J connectivity index is 1.29. The average Bonchev–Trinajstić information content (AvgIpc) is 3.43. The Bertz CT molecular complexity index is 652. The van der Waals surface area contributed by atoms with Crippen molar-refractivity contribution in [3.05, 3.63) is 5.01 Å². The smallest absolute Gasteiger partial charge is 0.231 e. The number of rotatable bonds is 5. The van der Waals surface area contributed by atoms with Crippen molar-refractivity contribution in [1.82, 2.24) is 15.1 Å². The van der Waals surface area contributed by atoms with Crippen LogP contribution in [0.5, 0.6) is 0 Å². The van der Waals surface area contributed by atoms with Crippen LogP contribution < -0.4 is 5.32 Å². The Kier molecular flexibility index (Phi) is 5.52. The van der Waals surface area contributed by atoms with Crippen molar-refractivity contribution < 1.29 is 9.59 Å². The second-order valence-corrected chi connectivity index (χ2v) is 9.16. The quantitative estimate of drug-likeness (QED) is 0.856. The standard InChI is InChI=1S/C19H28N4O2S/c24-17(15-7-4-10-23(12-15)18(25)14-8-9-14)20-19-22-21-16(26-19)11-13-5-2-1-3-6-13/h13-15H,1-12H2,(H,20,22,24). The number of nitrogens with one attached hydrogen (secondary N) is 1. The van der Waals surface area contributed by atoms with E-state index in [0.29, 0.717) is 11.7 Å². The van der Waals surface area contributed by atoms with Crippen LogP contribution in [0.3, 0.4) is 0 Å². The van der Waals surface area contributed by atoms with Gasteiger partial charge < -0.3 is 10.2 Å². The fraction of sp³-hybridized carbons (Fsp3) is 0.789. The van der Waals surface area contributed by atoms with Crippen molar-refractivity contribution in [3.63, 3.8) is 0 Å². The van der Waals surface area contributed by atoms with Crippen molar-refractivity contribution in [2.45, 2.75) is 64.2 Å². The Morgan fingerprint density at radius 2 is 1.81 bits per heavy atom. The van der Waals surface area contributed by atoms with E-state index in [4.69, 9.17) is 0 Å². The van der Waals surface area contributed by atoms with E-state index in [1.165, 1.54) is 43.4 Å². The zero-order valence-electron chi connectivity index (χ0n) is 15.3. The second-order valence-electron chi connectivity index (χ2n) is 8.10. The van der Waals surface area contributed by atoms with Crippen LogP contribution in [-0.2, 0) is 16.0 Å². The Hall–Kier alpha value is -1.50. The molecule has 0 bridgehead atoms. The molecule has 1 atom stereocenters. The van der Waals surface area contributed by atoms with Gasteiger partial charge in [-0.3, -0.25) is 9.59 Å². The molecule has 4 rings (SSSR count). The SMILES string of the molecule is O=C(Nc1nnc(CC2CCCCC2)s1)C1CCCN(C(=O)C2CC2)C1. The molecule has 1 aliphatic heterocycles. The minimum atomic E-state index is -0.128. The molecule has 2 amide bonds. The molecule has 1 saturated heterocycles. The minimum absolute atomic E-state index is 0.0151. The molecule has 7 heteroatoms. The maximum absolute atomic E-state index is 12.6. The van der Waals surface area contributed by atoms with Crippen molar-refractivity contribution in [3.8, 4) is 0 Å². The lowest BCUT2D eigenvalue weighted by atomic mass is 9.87. The molecule has 142 valence electrons. The van der Waals surface area contributed by atoms with Gasteiger partial charge in [0.1, 0.15) is 5.01 Å². The monoisotopic (exact) mass is 376 g/mol. The number of piperidine rings is 1. The molecule has 1 aromatic heterocycles. The highest BCUT2D eigenvalue weighted by Gasteiger charge is 2.36. The van der Waals surface area contributed by atoms with Crippen molar-refractivity contribution >= 4 is 28.3 Å². The Morgan fingerprint density at radius 1 is 1.00 bits per heavy atom. The largest absolute Gasteiger partial charge is 0.342 e. The first-order valence-electron chi connectivity index (χ1n) is 10.1. The number of carbonyl (C=O) groups excluding carboxylic acids is 2. The molecule has 1 N–H and O–H groups in total. The van der Waals surface area contributed by atoms with Gasteiger partial charge in [0.25, 0.3) is 0 Å². The summed E-state index contributed by atoms with van der Waals surface area (Å²) in [6, 6.07) is 0. The fourth-order valence-electron chi connectivity index (χ4n) is 4.21. The summed E-state index contributed by atoms with van der Waals surface area (Å²) in [5.74, 6) is 1.05. The van der Waals surface area contributed by atoms with E-state index < -0.39 is 0 Å². The van der Waals surface area contributed by atoms with Gasteiger partial charge in [-0.05, 0) is 31.6 Å². The van der Waals surface area contributed by atoms with Gasteiger partial charge in [-0.25, -0.2) is 0 Å². The number of carbonyl (C=O) groups is 2. The number of likely N-dealkylation sites (tertiary alicyclic amines) is 1. The van der Waals surface area contributed by atoms with E-state index in [1.54, 1.807) is 0 Å². The normalized spacial score (nSPS) is 24.5. The van der Waals surface area contributed by atoms with Gasteiger partial charge >= 0.3 is 0 Å². The topological polar surface area (TPSA) is 75.2 Å². The zero-order chi connectivity index (χ0) is 17.9. The van der Waals surface area contributed by atoms with E-state index in [2.05, 4.69) is 15.5 Å². The van der Waals surface area contributed by atoms with Gasteiger partial charge in [0.05, 0.1) is 5.92 Å². The summed E-state index contributed by atoms with van der Waals surface area (Å²) in [6.07, 6.45) is 11.3. The van der Waals surface area contributed by atoms with Crippen molar-refractivity contribution in [2.24, 2.45) is 17.8 Å². The van der Waals surface area contributed by atoms with Gasteiger partial charge in [-0.1, -0.05) is 43.4 Å². The summed E-state index contributed by atoms with van der Waals surface area (Å²) in [6.45, 7) is 1.35. The highest BCUT2D eigenvalue weighted by molar-refractivity contribution is 7.15. The summed E-state index contributed by atoms with van der Waals surface area (Å²) >= 11 is 1.51. The van der Waals surface area contributed by atoms with Gasteiger partial charge in [-0.15, -0.1) is 10.2 Å². The number of nitrogens with zero attached hydrogens (tertiary/aromatic N) is 3. The van der Waals surface area contributed by atoms with Crippen molar-refractivity contribution in [1.29, 1.82) is 0 Å². The third-order valence-electron chi connectivity index (χ3n) is 5.92. The van der Waals surface area contributed by atoms with Gasteiger partial charge in [0.15, 0.2) is 0 Å². The lowest BCUT2D eigenvalue weighted by Gasteiger charge is -2.32. The molecular formula is C19H28N4O2S. The molecule has 1 aromatic rings. The zero-order valence-corrected chi connectivity index (χ0v) is 16.1. The molecule has 0 aromatic carbocycles. The van der Waals surface area contributed by atoms with Crippen LogP contribution in [0.1, 0.15) is 62.8 Å². The molecule has 2 saturated carbocycles. The maximum Gasteiger partial charge on any atom is 0.231 e. The predicted molar refractivity (Wildman–Crippen MR) is 101 cm³/mol. The second kappa shape index (κ2) is 8.03. The van der Waals surface area contributed by atoms with Crippen LogP contribution >= 0.6 is 11.3 Å².